The first-order chi connectivity index (χ1) is 18.7. The molecule has 0 spiro atoms. The molecule has 3 aromatic rings. The normalized spacial score (nSPS) is 14.7. The van der Waals surface area contributed by atoms with E-state index in [-0.39, 0.29) is 30.8 Å². The monoisotopic (exact) mass is 579 g/mol. The van der Waals surface area contributed by atoms with Crippen LogP contribution in [0.3, 0.4) is 0 Å². The van der Waals surface area contributed by atoms with Gasteiger partial charge in [0.1, 0.15) is 17.2 Å². The molecular formula is C25H28F3N7O4S. The fraction of sp³-hybridized carbons (Fsp3) is 0.360. The van der Waals surface area contributed by atoms with Gasteiger partial charge in [-0.15, -0.1) is 0 Å². The highest BCUT2D eigenvalue weighted by Gasteiger charge is 2.36. The van der Waals surface area contributed by atoms with Crippen molar-refractivity contribution < 1.29 is 31.5 Å². The lowest BCUT2D eigenvalue weighted by molar-refractivity contribution is -0.137. The minimum atomic E-state index is -4.76. The molecule has 40 heavy (non-hydrogen) atoms. The van der Waals surface area contributed by atoms with Gasteiger partial charge < -0.3 is 21.1 Å². The molecule has 0 unspecified atom stereocenters. The highest BCUT2D eigenvalue weighted by Crippen LogP contribution is 2.35. The molecule has 4 rings (SSSR count). The Balaban J connectivity index is 1.49. The van der Waals surface area contributed by atoms with Gasteiger partial charge in [-0.1, -0.05) is 6.07 Å². The maximum atomic E-state index is 13.7. The zero-order chi connectivity index (χ0) is 29.1. The summed E-state index contributed by atoms with van der Waals surface area (Å²) in [6.07, 6.45) is 0.437. The lowest BCUT2D eigenvalue weighted by Gasteiger charge is -2.36. The second-order valence-electron chi connectivity index (χ2n) is 9.49. The first-order valence-electron chi connectivity index (χ1n) is 12.2. The Morgan fingerprint density at radius 2 is 1.85 bits per heavy atom. The van der Waals surface area contributed by atoms with Gasteiger partial charge in [0.2, 0.25) is 16.0 Å². The first kappa shape index (κ1) is 29.0. The highest BCUT2D eigenvalue weighted by atomic mass is 32.2. The van der Waals surface area contributed by atoms with Crippen molar-refractivity contribution in [3.63, 3.8) is 0 Å². The van der Waals surface area contributed by atoms with Crippen LogP contribution in [0.2, 0.25) is 0 Å². The molecule has 2 aromatic heterocycles. The third kappa shape index (κ3) is 6.96. The van der Waals surface area contributed by atoms with Gasteiger partial charge in [0.25, 0.3) is 5.91 Å². The summed E-state index contributed by atoms with van der Waals surface area (Å²) in [4.78, 5) is 24.2. The number of benzene rings is 1. The van der Waals surface area contributed by atoms with Crippen LogP contribution in [0.1, 0.15) is 40.7 Å². The molecule has 11 nitrogen and oxygen atoms in total. The zero-order valence-electron chi connectivity index (χ0n) is 21.7. The number of halogens is 3. The molecule has 4 N–H and O–H groups in total. The quantitative estimate of drug-likeness (QED) is 0.284. The van der Waals surface area contributed by atoms with Gasteiger partial charge in [0, 0.05) is 49.3 Å². The van der Waals surface area contributed by atoms with Gasteiger partial charge in [-0.05, 0) is 49.6 Å². The van der Waals surface area contributed by atoms with E-state index in [1.807, 2.05) is 0 Å². The third-order valence-corrected chi connectivity index (χ3v) is 7.64. The number of nitrogens with zero attached hydrogens (tertiary/aromatic N) is 4. The largest absolute Gasteiger partial charge is 0.421 e. The maximum absolute atomic E-state index is 13.7. The molecule has 1 aliphatic carbocycles. The molecule has 1 aromatic carbocycles. The van der Waals surface area contributed by atoms with Gasteiger partial charge in [-0.3, -0.25) is 9.10 Å². The van der Waals surface area contributed by atoms with Crippen LogP contribution in [0.15, 0.2) is 48.8 Å². The smallest absolute Gasteiger partial charge is 0.388 e. The lowest BCUT2D eigenvalue weighted by atomic mass is 9.80. The van der Waals surface area contributed by atoms with Crippen molar-refractivity contribution in [3.8, 4) is 0 Å². The molecule has 2 heterocycles. The number of rotatable bonds is 10. The van der Waals surface area contributed by atoms with Crippen LogP contribution >= 0.6 is 0 Å². The number of amides is 1. The predicted molar refractivity (Wildman–Crippen MR) is 143 cm³/mol. The minimum Gasteiger partial charge on any atom is -0.388 e. The molecule has 1 fully saturated rings. The zero-order valence-corrected chi connectivity index (χ0v) is 22.5. The van der Waals surface area contributed by atoms with Gasteiger partial charge in [-0.2, -0.15) is 18.2 Å². The summed E-state index contributed by atoms with van der Waals surface area (Å²) in [6, 6.07) is 9.21. The van der Waals surface area contributed by atoms with E-state index >= 15 is 0 Å². The fourth-order valence-electron chi connectivity index (χ4n) is 3.91. The van der Waals surface area contributed by atoms with Crippen molar-refractivity contribution in [2.45, 2.75) is 37.6 Å². The van der Waals surface area contributed by atoms with E-state index in [1.165, 1.54) is 37.5 Å². The Kier molecular flexibility index (Phi) is 8.16. The Morgan fingerprint density at radius 3 is 2.45 bits per heavy atom. The molecule has 1 saturated carbocycles. The second-order valence-corrected chi connectivity index (χ2v) is 11.5. The van der Waals surface area contributed by atoms with Crippen LogP contribution in [0.4, 0.5) is 36.4 Å². The fourth-order valence-corrected chi connectivity index (χ4v) is 4.39. The number of aromatic nitrogens is 3. The van der Waals surface area contributed by atoms with Gasteiger partial charge in [0.05, 0.1) is 11.9 Å². The van der Waals surface area contributed by atoms with Crippen LogP contribution in [0, 0.1) is 0 Å². The van der Waals surface area contributed by atoms with E-state index in [4.69, 9.17) is 0 Å². The molecule has 0 saturated heterocycles. The van der Waals surface area contributed by atoms with E-state index in [0.717, 1.165) is 17.0 Å². The SMILES string of the molecule is CN(c1ncccc1CNc1nc(Nc2ccc(C(=O)NCC3(O)CCC3)cc2)ncc1C(F)(F)F)S(C)(=O)=O. The molecule has 0 atom stereocenters. The number of nitrogens with one attached hydrogen (secondary N) is 3. The summed E-state index contributed by atoms with van der Waals surface area (Å²) in [5, 5.41) is 18.3. The molecule has 0 radical (unpaired) electrons. The van der Waals surface area contributed by atoms with Crippen LogP contribution in [-0.2, 0) is 22.7 Å². The summed E-state index contributed by atoms with van der Waals surface area (Å²) in [5.74, 6) is -0.962. The number of sulfonamides is 1. The number of carbonyl (C=O) groups is 1. The number of hydrogen-bond acceptors (Lipinski definition) is 9. The summed E-state index contributed by atoms with van der Waals surface area (Å²) in [7, 11) is -2.37. The lowest BCUT2D eigenvalue weighted by Crippen LogP contribution is -2.47. The molecule has 1 amide bonds. The van der Waals surface area contributed by atoms with Crippen LogP contribution in [0.5, 0.6) is 0 Å². The molecule has 15 heteroatoms. The van der Waals surface area contributed by atoms with Gasteiger partial charge in [-0.25, -0.2) is 18.4 Å². The highest BCUT2D eigenvalue weighted by molar-refractivity contribution is 7.92. The van der Waals surface area contributed by atoms with E-state index in [1.54, 1.807) is 12.1 Å². The van der Waals surface area contributed by atoms with Crippen molar-refractivity contribution in [2.24, 2.45) is 0 Å². The van der Waals surface area contributed by atoms with E-state index in [0.29, 0.717) is 35.9 Å². The summed E-state index contributed by atoms with van der Waals surface area (Å²) >= 11 is 0. The predicted octanol–water partition coefficient (Wildman–Crippen LogP) is 3.29. The Bertz CT molecular complexity index is 1480. The summed E-state index contributed by atoms with van der Waals surface area (Å²) in [5.41, 5.74) is -0.875. The van der Waals surface area contributed by atoms with Crippen molar-refractivity contribution in [2.75, 3.05) is 34.8 Å². The number of hydrogen-bond donors (Lipinski definition) is 4. The van der Waals surface area contributed by atoms with E-state index in [9.17, 15) is 31.5 Å². The second kappa shape index (κ2) is 11.3. The van der Waals surface area contributed by atoms with Crippen molar-refractivity contribution >= 4 is 39.2 Å². The number of pyridine rings is 1. The standard InChI is InChI=1S/C25H28F3N7O4S/c1-35(40(2,38)39)21-17(5-3-12-29-21)13-30-20-19(25(26,27)28)14-31-23(34-20)33-18-8-6-16(7-9-18)22(36)32-15-24(37)10-4-11-24/h3,5-9,12,14,37H,4,10-11,13,15H2,1-2H3,(H,32,36)(H2,30,31,33,34). The van der Waals surface area contributed by atoms with Gasteiger partial charge in [0.15, 0.2) is 0 Å². The van der Waals surface area contributed by atoms with Crippen LogP contribution in [-0.4, -0.2) is 59.8 Å². The van der Waals surface area contributed by atoms with E-state index in [2.05, 4.69) is 30.9 Å². The Hall–Kier alpha value is -3.98. The maximum Gasteiger partial charge on any atom is 0.421 e. The Morgan fingerprint density at radius 1 is 1.15 bits per heavy atom. The van der Waals surface area contributed by atoms with Crippen molar-refractivity contribution in [3.05, 3.63) is 65.5 Å². The number of anilines is 4. The van der Waals surface area contributed by atoms with Crippen molar-refractivity contribution in [1.82, 2.24) is 20.3 Å². The Labute approximate surface area is 228 Å². The van der Waals surface area contributed by atoms with E-state index < -0.39 is 33.2 Å². The molecule has 1 aliphatic rings. The first-order valence-corrected chi connectivity index (χ1v) is 14.0. The summed E-state index contributed by atoms with van der Waals surface area (Å²) in [6.45, 7) is -0.0480. The average molecular weight is 580 g/mol. The van der Waals surface area contributed by atoms with Gasteiger partial charge >= 0.3 is 6.18 Å². The molecule has 214 valence electrons. The molecule has 0 bridgehead atoms. The minimum absolute atomic E-state index is 0.0597. The molecular weight excluding hydrogens is 551 g/mol. The number of aliphatic hydroxyl groups is 1. The van der Waals surface area contributed by atoms with Crippen LogP contribution < -0.4 is 20.3 Å². The molecule has 0 aliphatic heterocycles. The van der Waals surface area contributed by atoms with Crippen LogP contribution in [0.25, 0.3) is 0 Å². The number of carbonyl (C=O) groups excluding carboxylic acids is 1. The third-order valence-electron chi connectivity index (χ3n) is 6.47. The average Bonchev–Trinajstić information content (AvgIpc) is 2.88. The number of alkyl halides is 3. The summed E-state index contributed by atoms with van der Waals surface area (Å²) < 4.78 is 65.9. The van der Waals surface area contributed by atoms with Crippen molar-refractivity contribution in [1.29, 1.82) is 0 Å². The topological polar surface area (TPSA) is 149 Å².